The van der Waals surface area contributed by atoms with Crippen LogP contribution in [0.15, 0.2) is 42.5 Å². The Kier molecular flexibility index (Phi) is 6.91. The van der Waals surface area contributed by atoms with Crippen LogP contribution in [0.4, 0.5) is 11.4 Å². The van der Waals surface area contributed by atoms with Gasteiger partial charge in [-0.05, 0) is 42.7 Å². The Bertz CT molecular complexity index is 672. The monoisotopic (exact) mass is 334 g/mol. The highest BCUT2D eigenvalue weighted by atomic mass is 35.5. The van der Waals surface area contributed by atoms with E-state index in [9.17, 15) is 4.79 Å². The molecule has 0 atom stereocenters. The molecule has 2 aromatic carbocycles. The fourth-order valence-electron chi connectivity index (χ4n) is 2.01. The zero-order valence-corrected chi connectivity index (χ0v) is 14.4. The van der Waals surface area contributed by atoms with Crippen molar-refractivity contribution < 1.29 is 9.53 Å². The van der Waals surface area contributed by atoms with Crippen molar-refractivity contribution in [3.8, 4) is 5.75 Å². The van der Waals surface area contributed by atoms with Gasteiger partial charge in [-0.2, -0.15) is 0 Å². The predicted octanol–water partition coefficient (Wildman–Crippen LogP) is 4.29. The molecule has 0 bridgehead atoms. The second-order valence-electron chi connectivity index (χ2n) is 5.76. The van der Waals surface area contributed by atoms with E-state index in [1.54, 1.807) is 12.1 Å². The molecular formula is C18H23ClN2O2. The van der Waals surface area contributed by atoms with E-state index in [1.807, 2.05) is 37.3 Å². The Labute approximate surface area is 143 Å². The van der Waals surface area contributed by atoms with E-state index in [-0.39, 0.29) is 18.3 Å². The second kappa shape index (κ2) is 8.44. The lowest BCUT2D eigenvalue weighted by Crippen LogP contribution is -2.14. The highest BCUT2D eigenvalue weighted by Gasteiger charge is 2.10. The van der Waals surface area contributed by atoms with E-state index in [1.165, 1.54) is 0 Å². The molecule has 0 saturated carbocycles. The Hall–Kier alpha value is -2.20. The van der Waals surface area contributed by atoms with Crippen LogP contribution in [-0.2, 0) is 0 Å². The number of amides is 1. The summed E-state index contributed by atoms with van der Waals surface area (Å²) in [6.07, 6.45) is 0. The topological polar surface area (TPSA) is 64.4 Å². The van der Waals surface area contributed by atoms with Crippen LogP contribution in [0.3, 0.4) is 0 Å². The molecule has 0 spiro atoms. The third-order valence-electron chi connectivity index (χ3n) is 3.18. The Balaban J connectivity index is 0.00000264. The lowest BCUT2D eigenvalue weighted by molar-refractivity contribution is 0.102. The van der Waals surface area contributed by atoms with Gasteiger partial charge in [0.15, 0.2) is 0 Å². The van der Waals surface area contributed by atoms with E-state index >= 15 is 0 Å². The molecule has 124 valence electrons. The summed E-state index contributed by atoms with van der Waals surface area (Å²) >= 11 is 0. The number of hydrogen-bond donors (Lipinski definition) is 2. The molecule has 0 unspecified atom stereocenters. The van der Waals surface area contributed by atoms with Crippen LogP contribution >= 0.6 is 12.4 Å². The number of ether oxygens (including phenoxy) is 1. The van der Waals surface area contributed by atoms with Gasteiger partial charge in [0.2, 0.25) is 0 Å². The molecule has 0 aliphatic heterocycles. The summed E-state index contributed by atoms with van der Waals surface area (Å²) in [6, 6.07) is 12.7. The lowest BCUT2D eigenvalue weighted by Gasteiger charge is -2.11. The van der Waals surface area contributed by atoms with E-state index in [0.717, 1.165) is 11.3 Å². The number of anilines is 2. The number of carbonyl (C=O) groups excluding carboxylic acids is 1. The highest BCUT2D eigenvalue weighted by Crippen LogP contribution is 2.20. The molecule has 1 amide bonds. The smallest absolute Gasteiger partial charge is 0.256 e. The van der Waals surface area contributed by atoms with Gasteiger partial charge in [-0.25, -0.2) is 0 Å². The van der Waals surface area contributed by atoms with Crippen LogP contribution in [0.1, 0.15) is 29.8 Å². The molecule has 2 rings (SSSR count). The predicted molar refractivity (Wildman–Crippen MR) is 97.6 cm³/mol. The number of hydrogen-bond acceptors (Lipinski definition) is 3. The van der Waals surface area contributed by atoms with Crippen LogP contribution in [-0.4, -0.2) is 12.5 Å². The molecule has 0 aliphatic carbocycles. The van der Waals surface area contributed by atoms with Gasteiger partial charge < -0.3 is 15.8 Å². The fraction of sp³-hybridized carbons (Fsp3) is 0.278. The van der Waals surface area contributed by atoms with Gasteiger partial charge in [-0.15, -0.1) is 12.4 Å². The summed E-state index contributed by atoms with van der Waals surface area (Å²) < 4.78 is 5.67. The summed E-state index contributed by atoms with van der Waals surface area (Å²) in [4.78, 5) is 12.4. The average molecular weight is 335 g/mol. The number of carbonyl (C=O) groups is 1. The van der Waals surface area contributed by atoms with Crippen LogP contribution in [0.25, 0.3) is 0 Å². The summed E-state index contributed by atoms with van der Waals surface area (Å²) in [5.74, 6) is 1.02. The van der Waals surface area contributed by atoms with Crippen molar-refractivity contribution in [2.24, 2.45) is 5.92 Å². The molecule has 23 heavy (non-hydrogen) atoms. The molecule has 4 nitrogen and oxygen atoms in total. The maximum Gasteiger partial charge on any atom is 0.256 e. The first kappa shape index (κ1) is 18.8. The molecule has 0 saturated heterocycles. The van der Waals surface area contributed by atoms with E-state index in [0.29, 0.717) is 29.5 Å². The first-order valence-corrected chi connectivity index (χ1v) is 7.36. The van der Waals surface area contributed by atoms with Crippen molar-refractivity contribution in [3.05, 3.63) is 53.6 Å². The minimum atomic E-state index is -0.175. The number of benzene rings is 2. The number of rotatable bonds is 5. The van der Waals surface area contributed by atoms with Gasteiger partial charge in [-0.1, -0.05) is 26.0 Å². The fourth-order valence-corrected chi connectivity index (χ4v) is 2.01. The van der Waals surface area contributed by atoms with E-state index < -0.39 is 0 Å². The van der Waals surface area contributed by atoms with Crippen LogP contribution in [0.5, 0.6) is 5.75 Å². The van der Waals surface area contributed by atoms with Gasteiger partial charge in [-0.3, -0.25) is 4.79 Å². The molecule has 3 N–H and O–H groups in total. The molecule has 2 aromatic rings. The zero-order chi connectivity index (χ0) is 16.1. The number of aryl methyl sites for hydroxylation is 1. The van der Waals surface area contributed by atoms with Crippen molar-refractivity contribution >= 4 is 29.7 Å². The standard InChI is InChI=1S/C18H22N2O2.ClH/c1-12(2)11-22-16-6-4-5-15(10-16)20-18(21)17-9-14(19)8-7-13(17)3;/h4-10,12H,11,19H2,1-3H3,(H,20,21);1H. The van der Waals surface area contributed by atoms with Gasteiger partial charge in [0.25, 0.3) is 5.91 Å². The van der Waals surface area contributed by atoms with Gasteiger partial charge in [0.1, 0.15) is 5.75 Å². The summed E-state index contributed by atoms with van der Waals surface area (Å²) in [5, 5.41) is 2.88. The number of nitrogen functional groups attached to an aromatic ring is 1. The summed E-state index contributed by atoms with van der Waals surface area (Å²) in [7, 11) is 0. The Morgan fingerprint density at radius 3 is 2.65 bits per heavy atom. The Morgan fingerprint density at radius 1 is 1.22 bits per heavy atom. The first-order chi connectivity index (χ1) is 10.5. The molecular weight excluding hydrogens is 312 g/mol. The van der Waals surface area contributed by atoms with E-state index in [4.69, 9.17) is 10.5 Å². The lowest BCUT2D eigenvalue weighted by atomic mass is 10.1. The third-order valence-corrected chi connectivity index (χ3v) is 3.18. The second-order valence-corrected chi connectivity index (χ2v) is 5.76. The van der Waals surface area contributed by atoms with Crippen molar-refractivity contribution in [3.63, 3.8) is 0 Å². The molecule has 0 aromatic heterocycles. The van der Waals surface area contributed by atoms with Crippen LogP contribution in [0, 0.1) is 12.8 Å². The first-order valence-electron chi connectivity index (χ1n) is 7.36. The Morgan fingerprint density at radius 2 is 1.96 bits per heavy atom. The normalized spacial score (nSPS) is 10.1. The van der Waals surface area contributed by atoms with Crippen LogP contribution in [0.2, 0.25) is 0 Å². The zero-order valence-electron chi connectivity index (χ0n) is 13.6. The number of nitrogens with one attached hydrogen (secondary N) is 1. The molecule has 0 fully saturated rings. The van der Waals surface area contributed by atoms with Crippen LogP contribution < -0.4 is 15.8 Å². The molecule has 5 heteroatoms. The van der Waals surface area contributed by atoms with Gasteiger partial charge >= 0.3 is 0 Å². The minimum absolute atomic E-state index is 0. The van der Waals surface area contributed by atoms with Gasteiger partial charge in [0, 0.05) is 23.0 Å². The van der Waals surface area contributed by atoms with Gasteiger partial charge in [0.05, 0.1) is 6.61 Å². The summed E-state index contributed by atoms with van der Waals surface area (Å²) in [5.41, 5.74) is 8.49. The maximum atomic E-state index is 12.4. The number of nitrogens with two attached hydrogens (primary N) is 1. The minimum Gasteiger partial charge on any atom is -0.493 e. The largest absolute Gasteiger partial charge is 0.493 e. The molecule has 0 radical (unpaired) electrons. The maximum absolute atomic E-state index is 12.4. The van der Waals surface area contributed by atoms with Crippen molar-refractivity contribution in [2.45, 2.75) is 20.8 Å². The highest BCUT2D eigenvalue weighted by molar-refractivity contribution is 6.05. The quantitative estimate of drug-likeness (QED) is 0.802. The van der Waals surface area contributed by atoms with E-state index in [2.05, 4.69) is 19.2 Å². The van der Waals surface area contributed by atoms with Crippen molar-refractivity contribution in [1.29, 1.82) is 0 Å². The van der Waals surface area contributed by atoms with Crippen molar-refractivity contribution in [1.82, 2.24) is 0 Å². The number of halogens is 1. The summed E-state index contributed by atoms with van der Waals surface area (Å²) in [6.45, 7) is 6.71. The molecule has 0 heterocycles. The van der Waals surface area contributed by atoms with Crippen molar-refractivity contribution in [2.75, 3.05) is 17.7 Å². The SMILES string of the molecule is Cc1ccc(N)cc1C(=O)Nc1cccc(OCC(C)C)c1.Cl. The molecule has 0 aliphatic rings. The third kappa shape index (κ3) is 5.49. The average Bonchev–Trinajstić information content (AvgIpc) is 2.48.